The van der Waals surface area contributed by atoms with Crippen molar-refractivity contribution in [1.29, 1.82) is 0 Å². The summed E-state index contributed by atoms with van der Waals surface area (Å²) in [6.07, 6.45) is 1.43. The highest BCUT2D eigenvalue weighted by atomic mass is 32.2. The van der Waals surface area contributed by atoms with Gasteiger partial charge in [-0.2, -0.15) is 5.10 Å². The first-order valence-electron chi connectivity index (χ1n) is 12.6. The number of thioether (sulfide) groups is 1. The maximum atomic E-state index is 12.6. The molecule has 1 aromatic heterocycles. The molecule has 0 fully saturated rings. The molecule has 0 atom stereocenters. The SMILES string of the molecule is CCOc1ccc(-n2c(SCC(=O)NN=Cc3cc(OC)c(OC(C)=O)c(OC)c3)nnc2-c2ccccc2)cc1. The van der Waals surface area contributed by atoms with Crippen LogP contribution >= 0.6 is 11.8 Å². The zero-order valence-corrected chi connectivity index (χ0v) is 23.8. The minimum Gasteiger partial charge on any atom is -0.494 e. The first kappa shape index (κ1) is 29.2. The second-order valence-electron chi connectivity index (χ2n) is 8.36. The van der Waals surface area contributed by atoms with Gasteiger partial charge in [-0.15, -0.1) is 10.2 Å². The Hall–Kier alpha value is -4.84. The molecule has 0 spiro atoms. The number of rotatable bonds is 12. The lowest BCUT2D eigenvalue weighted by Gasteiger charge is -2.13. The lowest BCUT2D eigenvalue weighted by Crippen LogP contribution is -2.20. The van der Waals surface area contributed by atoms with E-state index in [1.807, 2.05) is 66.1 Å². The Morgan fingerprint density at radius 3 is 2.29 bits per heavy atom. The third-order valence-electron chi connectivity index (χ3n) is 5.54. The van der Waals surface area contributed by atoms with Crippen molar-refractivity contribution in [1.82, 2.24) is 20.2 Å². The number of carbonyl (C=O) groups is 2. The summed E-state index contributed by atoms with van der Waals surface area (Å²) in [6, 6.07) is 20.5. The summed E-state index contributed by atoms with van der Waals surface area (Å²) in [5.74, 6) is 1.32. The molecular formula is C29H29N5O6S. The van der Waals surface area contributed by atoms with Gasteiger partial charge in [0.1, 0.15) is 5.75 Å². The molecule has 3 aromatic carbocycles. The number of esters is 1. The zero-order valence-electron chi connectivity index (χ0n) is 23.0. The molecule has 11 nitrogen and oxygen atoms in total. The monoisotopic (exact) mass is 575 g/mol. The number of aromatic nitrogens is 3. The molecule has 0 aliphatic rings. The standard InChI is InChI=1S/C29H29N5O6S/c1-5-39-23-13-11-22(12-14-23)34-28(21-9-7-6-8-10-21)32-33-29(34)41-18-26(36)31-30-17-20-15-24(37-3)27(40-19(2)35)25(16-20)38-4/h6-17H,5,18H2,1-4H3,(H,31,36). The Morgan fingerprint density at radius 2 is 1.68 bits per heavy atom. The van der Waals surface area contributed by atoms with Gasteiger partial charge in [-0.3, -0.25) is 14.2 Å². The molecule has 12 heteroatoms. The first-order valence-corrected chi connectivity index (χ1v) is 13.5. The number of methoxy groups -OCH3 is 2. The van der Waals surface area contributed by atoms with E-state index in [0.29, 0.717) is 23.2 Å². The highest BCUT2D eigenvalue weighted by Gasteiger charge is 2.18. The second kappa shape index (κ2) is 14.0. The summed E-state index contributed by atoms with van der Waals surface area (Å²) >= 11 is 1.23. The van der Waals surface area contributed by atoms with Crippen molar-refractivity contribution in [2.24, 2.45) is 5.10 Å². The number of hydrogen-bond donors (Lipinski definition) is 1. The van der Waals surface area contributed by atoms with Crippen LogP contribution in [0.2, 0.25) is 0 Å². The number of benzene rings is 3. The van der Waals surface area contributed by atoms with Crippen LogP contribution in [0.4, 0.5) is 0 Å². The van der Waals surface area contributed by atoms with Crippen LogP contribution in [0.1, 0.15) is 19.4 Å². The lowest BCUT2D eigenvalue weighted by molar-refractivity contribution is -0.132. The van der Waals surface area contributed by atoms with Crippen molar-refractivity contribution in [3.8, 4) is 40.1 Å². The Labute approximate surface area is 241 Å². The Kier molecular flexibility index (Phi) is 9.94. The molecule has 0 unspecified atom stereocenters. The number of amides is 1. The molecular weight excluding hydrogens is 546 g/mol. The summed E-state index contributed by atoms with van der Waals surface area (Å²) in [4.78, 5) is 24.1. The van der Waals surface area contributed by atoms with E-state index in [4.69, 9.17) is 18.9 Å². The molecule has 1 amide bonds. The van der Waals surface area contributed by atoms with Gasteiger partial charge in [0.25, 0.3) is 5.91 Å². The summed E-state index contributed by atoms with van der Waals surface area (Å²) in [5, 5.41) is 13.3. The Morgan fingerprint density at radius 1 is 1.00 bits per heavy atom. The minimum atomic E-state index is -0.512. The van der Waals surface area contributed by atoms with Crippen molar-refractivity contribution in [3.05, 3.63) is 72.3 Å². The molecule has 41 heavy (non-hydrogen) atoms. The predicted octanol–water partition coefficient (Wildman–Crippen LogP) is 4.52. The molecule has 1 heterocycles. The van der Waals surface area contributed by atoms with Crippen molar-refractivity contribution in [2.45, 2.75) is 19.0 Å². The van der Waals surface area contributed by atoms with E-state index in [-0.39, 0.29) is 28.9 Å². The van der Waals surface area contributed by atoms with Crippen LogP contribution < -0.4 is 24.4 Å². The van der Waals surface area contributed by atoms with E-state index in [9.17, 15) is 9.59 Å². The van der Waals surface area contributed by atoms with Gasteiger partial charge in [0.15, 0.2) is 22.5 Å². The second-order valence-corrected chi connectivity index (χ2v) is 9.31. The molecule has 4 aromatic rings. The van der Waals surface area contributed by atoms with Crippen molar-refractivity contribution >= 4 is 29.9 Å². The van der Waals surface area contributed by atoms with Gasteiger partial charge >= 0.3 is 5.97 Å². The van der Waals surface area contributed by atoms with Crippen LogP contribution in [0.25, 0.3) is 17.1 Å². The van der Waals surface area contributed by atoms with Gasteiger partial charge in [0, 0.05) is 23.7 Å². The highest BCUT2D eigenvalue weighted by molar-refractivity contribution is 7.99. The summed E-state index contributed by atoms with van der Waals surface area (Å²) < 4.78 is 23.3. The van der Waals surface area contributed by atoms with E-state index < -0.39 is 5.97 Å². The number of ether oxygens (including phenoxy) is 4. The molecule has 0 saturated heterocycles. The number of carbonyl (C=O) groups excluding carboxylic acids is 2. The molecule has 212 valence electrons. The largest absolute Gasteiger partial charge is 0.494 e. The van der Waals surface area contributed by atoms with E-state index in [0.717, 1.165) is 17.0 Å². The smallest absolute Gasteiger partial charge is 0.308 e. The van der Waals surface area contributed by atoms with Gasteiger partial charge in [-0.1, -0.05) is 42.1 Å². The third-order valence-corrected chi connectivity index (χ3v) is 6.46. The summed E-state index contributed by atoms with van der Waals surface area (Å²) in [6.45, 7) is 3.78. The first-order chi connectivity index (χ1) is 19.9. The maximum Gasteiger partial charge on any atom is 0.308 e. The highest BCUT2D eigenvalue weighted by Crippen LogP contribution is 2.38. The fourth-order valence-electron chi connectivity index (χ4n) is 3.79. The fourth-order valence-corrected chi connectivity index (χ4v) is 4.53. The van der Waals surface area contributed by atoms with Gasteiger partial charge in [0.05, 0.1) is 32.8 Å². The van der Waals surface area contributed by atoms with Crippen LogP contribution in [0.3, 0.4) is 0 Å². The van der Waals surface area contributed by atoms with Crippen LogP contribution in [-0.4, -0.2) is 59.4 Å². The number of nitrogens with zero attached hydrogens (tertiary/aromatic N) is 4. The predicted molar refractivity (Wildman–Crippen MR) is 155 cm³/mol. The Balaban J connectivity index is 1.48. The molecule has 0 aliphatic heterocycles. The quantitative estimate of drug-likeness (QED) is 0.0853. The third kappa shape index (κ3) is 7.42. The van der Waals surface area contributed by atoms with E-state index >= 15 is 0 Å². The molecule has 1 N–H and O–H groups in total. The minimum absolute atomic E-state index is 0.0410. The Bertz CT molecular complexity index is 1500. The number of nitrogens with one attached hydrogen (secondary N) is 1. The number of hydrogen-bond acceptors (Lipinski definition) is 10. The molecule has 0 aliphatic carbocycles. The molecule has 0 bridgehead atoms. The van der Waals surface area contributed by atoms with Crippen LogP contribution in [0.5, 0.6) is 23.0 Å². The van der Waals surface area contributed by atoms with Gasteiger partial charge in [-0.25, -0.2) is 5.43 Å². The van der Waals surface area contributed by atoms with Crippen molar-refractivity contribution in [2.75, 3.05) is 26.6 Å². The summed E-state index contributed by atoms with van der Waals surface area (Å²) in [5.41, 5.74) is 4.79. The van der Waals surface area contributed by atoms with E-state index in [1.165, 1.54) is 39.1 Å². The van der Waals surface area contributed by atoms with Crippen molar-refractivity contribution < 1.29 is 28.5 Å². The van der Waals surface area contributed by atoms with Gasteiger partial charge < -0.3 is 18.9 Å². The normalized spacial score (nSPS) is 10.8. The van der Waals surface area contributed by atoms with Crippen LogP contribution in [0, 0.1) is 0 Å². The average Bonchev–Trinajstić information content (AvgIpc) is 3.41. The van der Waals surface area contributed by atoms with E-state index in [1.54, 1.807) is 12.1 Å². The lowest BCUT2D eigenvalue weighted by atomic mass is 10.2. The van der Waals surface area contributed by atoms with E-state index in [2.05, 4.69) is 20.7 Å². The summed E-state index contributed by atoms with van der Waals surface area (Å²) in [7, 11) is 2.88. The molecule has 0 saturated carbocycles. The fraction of sp³-hybridized carbons (Fsp3) is 0.207. The van der Waals surface area contributed by atoms with Crippen LogP contribution in [-0.2, 0) is 9.59 Å². The van der Waals surface area contributed by atoms with Crippen LogP contribution in [0.15, 0.2) is 77.0 Å². The van der Waals surface area contributed by atoms with Gasteiger partial charge in [-0.05, 0) is 43.3 Å². The van der Waals surface area contributed by atoms with Gasteiger partial charge in [0.2, 0.25) is 5.75 Å². The zero-order chi connectivity index (χ0) is 29.2. The number of hydrazone groups is 1. The molecule has 0 radical (unpaired) electrons. The maximum absolute atomic E-state index is 12.6. The molecule has 4 rings (SSSR count). The topological polar surface area (TPSA) is 126 Å². The average molecular weight is 576 g/mol. The van der Waals surface area contributed by atoms with Crippen molar-refractivity contribution in [3.63, 3.8) is 0 Å².